The normalized spacial score (nSPS) is 17.0. The maximum absolute atomic E-state index is 13.3. The van der Waals surface area contributed by atoms with Crippen LogP contribution in [-0.2, 0) is 27.6 Å². The molecule has 0 aromatic carbocycles. The average molecular weight is 1090 g/mol. The van der Waals surface area contributed by atoms with E-state index in [0.717, 1.165) is 90.0 Å². The second-order valence-corrected chi connectivity index (χ2v) is 17.3. The molecule has 0 spiro atoms. The van der Waals surface area contributed by atoms with Gasteiger partial charge in [-0.05, 0) is 59.3 Å². The van der Waals surface area contributed by atoms with E-state index in [2.05, 4.69) is 34.8 Å². The maximum Gasteiger partial charge on any atom is 1.00 e. The van der Waals surface area contributed by atoms with Crippen molar-refractivity contribution >= 4 is 71.1 Å². The zero-order chi connectivity index (χ0) is 48.2. The van der Waals surface area contributed by atoms with Crippen LogP contribution in [0, 0.1) is 45.4 Å². The number of halogens is 2. The fourth-order valence-electron chi connectivity index (χ4n) is 8.95. The SMILES string of the molecule is COc1c(C)cnc(CN2CC(C(O)C3CCCC3)C(=O)c3c(Cl)nc(N)nc32)c1C.COc1c(C)cnc(CN2CCC(=O)c3c(Cl)nc(N)nc32)c1C.O=CC1CCCC1.O=CO[O-].[Cs+]. The van der Waals surface area contributed by atoms with Crippen LogP contribution in [0.2, 0.25) is 10.3 Å². The number of nitrogen functional groups attached to an aromatic ring is 2. The zero-order valence-corrected chi connectivity index (χ0v) is 46.8. The van der Waals surface area contributed by atoms with Gasteiger partial charge >= 0.3 is 68.9 Å². The van der Waals surface area contributed by atoms with Crippen molar-refractivity contribution < 1.29 is 113 Å². The molecule has 19 nitrogen and oxygen atoms in total. The van der Waals surface area contributed by atoms with Gasteiger partial charge in [-0.3, -0.25) is 24.4 Å². The van der Waals surface area contributed by atoms with Crippen molar-refractivity contribution in [2.45, 2.75) is 105 Å². The molecule has 2 atom stereocenters. The summed E-state index contributed by atoms with van der Waals surface area (Å²) >= 11 is 12.4. The fraction of sp³-hybridized carbons (Fsp3) is 0.511. The molecule has 5 N–H and O–H groups in total. The summed E-state index contributed by atoms with van der Waals surface area (Å²) in [6, 6.07) is 0. The second kappa shape index (κ2) is 26.3. The number of ketones is 2. The van der Waals surface area contributed by atoms with E-state index in [9.17, 15) is 19.5 Å². The Balaban J connectivity index is 0.000000240. The van der Waals surface area contributed by atoms with E-state index >= 15 is 0 Å². The minimum atomic E-state index is -0.735. The molecule has 2 unspecified atom stereocenters. The Kier molecular flexibility index (Phi) is 22.0. The molecule has 4 aromatic rings. The van der Waals surface area contributed by atoms with E-state index in [1.54, 1.807) is 26.6 Å². The Hall–Kier alpha value is -3.71. The molecule has 22 heteroatoms. The van der Waals surface area contributed by atoms with Crippen LogP contribution in [0.5, 0.6) is 11.5 Å². The number of methoxy groups -OCH3 is 2. The minimum absolute atomic E-state index is 0. The van der Waals surface area contributed by atoms with Crippen molar-refractivity contribution in [3.8, 4) is 11.5 Å². The number of Topliss-reactive ketones (excluding diaryl/α,β-unsaturated/α-hetero) is 2. The van der Waals surface area contributed by atoms with Gasteiger partial charge in [0.1, 0.15) is 39.7 Å². The van der Waals surface area contributed by atoms with Gasteiger partial charge in [0.25, 0.3) is 6.47 Å². The number of hydrogen-bond acceptors (Lipinski definition) is 19. The number of carbonyl (C=O) groups is 4. The van der Waals surface area contributed by atoms with E-state index in [-0.39, 0.29) is 121 Å². The van der Waals surface area contributed by atoms with Crippen molar-refractivity contribution in [2.24, 2.45) is 17.8 Å². The summed E-state index contributed by atoms with van der Waals surface area (Å²) in [4.78, 5) is 76.1. The van der Waals surface area contributed by atoms with Crippen molar-refractivity contribution in [1.29, 1.82) is 0 Å². The molecule has 2 aliphatic carbocycles. The maximum atomic E-state index is 13.3. The largest absolute Gasteiger partial charge is 1.00 e. The van der Waals surface area contributed by atoms with E-state index in [0.29, 0.717) is 55.7 Å². The second-order valence-electron chi connectivity index (χ2n) is 16.6. The number of rotatable bonds is 10. The first-order valence-corrected chi connectivity index (χ1v) is 22.4. The Morgan fingerprint density at radius 2 is 1.25 bits per heavy atom. The van der Waals surface area contributed by atoms with Crippen LogP contribution in [0.3, 0.4) is 0 Å². The molecule has 0 saturated heterocycles. The predicted octanol–water partition coefficient (Wildman–Crippen LogP) is 2.24. The van der Waals surface area contributed by atoms with Crippen molar-refractivity contribution in [3.05, 3.63) is 67.5 Å². The number of nitrogens with two attached hydrogens (primary N) is 2. The first-order chi connectivity index (χ1) is 31.6. The number of anilines is 4. The molecule has 0 bridgehead atoms. The Morgan fingerprint density at radius 1 is 0.791 bits per heavy atom. The monoisotopic (exact) mass is 1080 g/mol. The molecule has 6 heterocycles. The third-order valence-electron chi connectivity index (χ3n) is 12.3. The smallest absolute Gasteiger partial charge is 0.662 e. The number of carbonyl (C=O) groups excluding carboxylic acids is 4. The molecular weight excluding hydrogens is 1030 g/mol. The molecule has 67 heavy (non-hydrogen) atoms. The van der Waals surface area contributed by atoms with Gasteiger partial charge in [-0.15, -0.1) is 0 Å². The summed E-state index contributed by atoms with van der Waals surface area (Å²) in [6.07, 6.45) is 13.1. The zero-order valence-electron chi connectivity index (χ0n) is 39.0. The number of aliphatic hydroxyl groups is 1. The third kappa shape index (κ3) is 13.8. The number of pyridine rings is 2. The summed E-state index contributed by atoms with van der Waals surface area (Å²) in [6.45, 7) is 9.33. The molecule has 8 rings (SSSR count). The average Bonchev–Trinajstić information content (AvgIpc) is 4.04. The van der Waals surface area contributed by atoms with Crippen molar-refractivity contribution in [2.75, 3.05) is 48.6 Å². The number of aryl methyl sites for hydroxylation is 2. The predicted molar refractivity (Wildman–Crippen MR) is 245 cm³/mol. The Labute approximate surface area is 458 Å². The molecular formula is C45H57Cl2CsN10O9. The van der Waals surface area contributed by atoms with Crippen LogP contribution < -0.4 is 105 Å². The van der Waals surface area contributed by atoms with Crippen LogP contribution in [0.4, 0.5) is 23.5 Å². The number of fused-ring (bicyclic) bond motifs is 2. The van der Waals surface area contributed by atoms with Crippen LogP contribution in [0.15, 0.2) is 12.4 Å². The third-order valence-corrected chi connectivity index (χ3v) is 12.9. The minimum Gasteiger partial charge on any atom is -0.662 e. The van der Waals surface area contributed by atoms with Crippen molar-refractivity contribution in [1.82, 2.24) is 29.9 Å². The topological polar surface area (TPSA) is 275 Å². The summed E-state index contributed by atoms with van der Waals surface area (Å²) in [5, 5.41) is 19.6. The molecule has 4 aliphatic rings. The molecule has 356 valence electrons. The molecule has 0 radical (unpaired) electrons. The Morgan fingerprint density at radius 3 is 1.72 bits per heavy atom. The number of ether oxygens (including phenoxy) is 2. The van der Waals surface area contributed by atoms with E-state index < -0.39 is 12.0 Å². The fourth-order valence-corrected chi connectivity index (χ4v) is 9.49. The number of hydrogen-bond donors (Lipinski definition) is 3. The van der Waals surface area contributed by atoms with Gasteiger partial charge in [-0.1, -0.05) is 48.9 Å². The summed E-state index contributed by atoms with van der Waals surface area (Å²) in [5.41, 5.74) is 17.5. The summed E-state index contributed by atoms with van der Waals surface area (Å²) < 4.78 is 11.0. The van der Waals surface area contributed by atoms with E-state index in [4.69, 9.17) is 54.2 Å². The summed E-state index contributed by atoms with van der Waals surface area (Å²) in [7, 11) is 3.28. The molecule has 4 aromatic heterocycles. The van der Waals surface area contributed by atoms with Gasteiger partial charge in [0.05, 0.1) is 61.8 Å². The summed E-state index contributed by atoms with van der Waals surface area (Å²) in [5.74, 6) is 2.13. The Bertz CT molecular complexity index is 2390. The van der Waals surface area contributed by atoms with Gasteiger partial charge in [0, 0.05) is 60.1 Å². The number of aldehydes is 1. The van der Waals surface area contributed by atoms with Gasteiger partial charge in [0.2, 0.25) is 11.9 Å². The first kappa shape index (κ1) is 55.9. The quantitative estimate of drug-likeness (QED) is 0.0889. The van der Waals surface area contributed by atoms with Gasteiger partial charge in [-0.2, -0.15) is 9.97 Å². The number of aliphatic hydroxyl groups excluding tert-OH is 1. The van der Waals surface area contributed by atoms with Crippen molar-refractivity contribution in [3.63, 3.8) is 0 Å². The van der Waals surface area contributed by atoms with Crippen LogP contribution in [-0.4, -0.2) is 92.7 Å². The molecule has 2 fully saturated rings. The number of nitrogens with zero attached hydrogens (tertiary/aromatic N) is 8. The van der Waals surface area contributed by atoms with E-state index in [1.165, 1.54) is 12.8 Å². The molecule has 2 aliphatic heterocycles. The van der Waals surface area contributed by atoms with Gasteiger partial charge in [0.15, 0.2) is 11.6 Å². The standard InChI is InChI=1S/C22H28ClN5O3.C16H18ClN5O2.C6H10O.CH2O3.Cs/c1-11-8-25-15(12(2)19(11)31-3)10-28-9-14(17(29)13-6-4-5-7-13)18(30)16-20(23)26-22(24)27-21(16)28;1-8-6-19-10(9(2)13(8)24-3)7-22-5-4-11(23)12-14(17)20-16(18)21-15(12)22;7-5-6-3-1-2-4-6;2-1-4-3;/h8,13-14,17,29H,4-7,9-10H2,1-3H3,(H2,24,26,27);6H,4-5,7H2,1-3H3,(H2,18,20,21);5-6H,1-4H2;1,3H;/q;;;;+1/p-1. The molecule has 0 amide bonds. The first-order valence-electron chi connectivity index (χ1n) is 21.7. The van der Waals surface area contributed by atoms with Crippen LogP contribution in [0.1, 0.15) is 112 Å². The van der Waals surface area contributed by atoms with Crippen LogP contribution >= 0.6 is 23.2 Å². The number of aromatic nitrogens is 6. The molecule has 2 saturated carbocycles. The van der Waals surface area contributed by atoms with E-state index in [1.807, 2.05) is 37.5 Å². The van der Waals surface area contributed by atoms with Crippen LogP contribution in [0.25, 0.3) is 0 Å². The van der Waals surface area contributed by atoms with Gasteiger partial charge in [-0.25, -0.2) is 9.97 Å². The van der Waals surface area contributed by atoms with Gasteiger partial charge < -0.3 is 50.8 Å².